The van der Waals surface area contributed by atoms with E-state index in [1.165, 1.54) is 0 Å². The van der Waals surface area contributed by atoms with Gasteiger partial charge >= 0.3 is 36.4 Å². The van der Waals surface area contributed by atoms with Crippen LogP contribution in [0.1, 0.15) is 101 Å². The summed E-state index contributed by atoms with van der Waals surface area (Å²) in [6.45, 7) is 17.1. The average Bonchev–Trinajstić information content (AvgIpc) is 3.04. The number of carbonyl (C=O) groups is 3. The molecule has 0 aliphatic carbocycles. The highest BCUT2D eigenvalue weighted by atomic mass is 31.2. The van der Waals surface area contributed by atoms with Gasteiger partial charge in [-0.3, -0.25) is 32.6 Å². The predicted molar refractivity (Wildman–Crippen MR) is 198 cm³/mol. The van der Waals surface area contributed by atoms with Crippen molar-refractivity contribution in [3.63, 3.8) is 0 Å². The standard InChI is InChI=1S/C13H29NO7P2.C12H28N2O7P2.C4H8O2/c1-6-11-12(15)14-13(22(16,18-7-2)19-8-3)23(17,20-9-4)21-10-5;1-5-18-22(16,19-6-2)12(14-11(15)9-10-13)23(17,20-7-3)21-8-4;1-2-3-4(5)6/h13H,6-11H2,1-5H3,(H,14,15);12H,5-10,13H2,1-4H3,(H,14,15);2-3H2,1H3,(H,5,6). The molecule has 0 radical (unpaired) electrons. The smallest absolute Gasteiger partial charge is 0.365 e. The van der Waals surface area contributed by atoms with Gasteiger partial charge in [0.1, 0.15) is 0 Å². The zero-order valence-corrected chi connectivity index (χ0v) is 36.1. The Morgan fingerprint density at radius 1 is 0.481 bits per heavy atom. The highest BCUT2D eigenvalue weighted by molar-refractivity contribution is 7.73. The van der Waals surface area contributed by atoms with Gasteiger partial charge in [0.25, 0.3) is 0 Å². The summed E-state index contributed by atoms with van der Waals surface area (Å²) in [5.41, 5.74) is 2.29. The van der Waals surface area contributed by atoms with E-state index >= 15 is 0 Å². The second-order valence-electron chi connectivity index (χ2n) is 9.82. The molecule has 0 rings (SSSR count). The lowest BCUT2D eigenvalue weighted by Gasteiger charge is -2.31. The maximum absolute atomic E-state index is 13.1. The van der Waals surface area contributed by atoms with Crippen LogP contribution < -0.4 is 16.4 Å². The van der Waals surface area contributed by atoms with E-state index < -0.39 is 59.2 Å². The van der Waals surface area contributed by atoms with Gasteiger partial charge < -0.3 is 57.7 Å². The van der Waals surface area contributed by atoms with Gasteiger partial charge in [-0.25, -0.2) is 0 Å². The molecule has 52 heavy (non-hydrogen) atoms. The molecule has 0 saturated carbocycles. The molecule has 0 saturated heterocycles. The van der Waals surface area contributed by atoms with Gasteiger partial charge in [-0.1, -0.05) is 13.8 Å². The van der Waals surface area contributed by atoms with E-state index in [1.807, 2.05) is 13.8 Å². The van der Waals surface area contributed by atoms with Crippen LogP contribution in [0.5, 0.6) is 0 Å². The lowest BCUT2D eigenvalue weighted by molar-refractivity contribution is -0.137. The number of carboxylic acids is 1. The molecule has 0 aromatic carbocycles. The number of carboxylic acid groups (broad SMARTS) is 1. The van der Waals surface area contributed by atoms with Crippen molar-refractivity contribution >= 4 is 48.2 Å². The molecule has 0 bridgehead atoms. The molecule has 0 aromatic rings. The zero-order valence-electron chi connectivity index (χ0n) is 32.5. The highest BCUT2D eigenvalue weighted by Gasteiger charge is 2.53. The van der Waals surface area contributed by atoms with Gasteiger partial charge in [0.05, 0.1) is 52.9 Å². The third-order valence-corrected chi connectivity index (χ3v) is 16.8. The van der Waals surface area contributed by atoms with E-state index in [1.54, 1.807) is 55.4 Å². The summed E-state index contributed by atoms with van der Waals surface area (Å²) in [5.74, 6) is -1.67. The highest BCUT2D eigenvalue weighted by Crippen LogP contribution is 2.70. The first-order valence-electron chi connectivity index (χ1n) is 17.5. The molecule has 0 aromatic heterocycles. The van der Waals surface area contributed by atoms with E-state index in [2.05, 4.69) is 10.6 Å². The minimum Gasteiger partial charge on any atom is -0.481 e. The normalized spacial score (nSPS) is 12.1. The molecule has 0 spiro atoms. The number of hydrogen-bond acceptors (Lipinski definition) is 16. The summed E-state index contributed by atoms with van der Waals surface area (Å²) in [6, 6.07) is 0. The zero-order chi connectivity index (χ0) is 40.9. The Morgan fingerprint density at radius 3 is 0.865 bits per heavy atom. The Labute approximate surface area is 309 Å². The molecule has 0 atom stereocenters. The van der Waals surface area contributed by atoms with Gasteiger partial charge in [-0.15, -0.1) is 0 Å². The van der Waals surface area contributed by atoms with Crippen molar-refractivity contribution in [2.24, 2.45) is 5.73 Å². The predicted octanol–water partition coefficient (Wildman–Crippen LogP) is 6.86. The van der Waals surface area contributed by atoms with Crippen LogP contribution in [0.25, 0.3) is 0 Å². The Balaban J connectivity index is -0.000000797. The fourth-order valence-corrected chi connectivity index (χ4v) is 13.7. The van der Waals surface area contributed by atoms with Gasteiger partial charge in [-0.05, 0) is 68.2 Å². The second kappa shape index (κ2) is 31.2. The van der Waals surface area contributed by atoms with Crippen molar-refractivity contribution in [1.29, 1.82) is 0 Å². The van der Waals surface area contributed by atoms with E-state index in [4.69, 9.17) is 47.0 Å². The third kappa shape index (κ3) is 21.8. The first-order valence-corrected chi connectivity index (χ1v) is 23.9. The van der Waals surface area contributed by atoms with Crippen LogP contribution in [-0.2, 0) is 68.8 Å². The van der Waals surface area contributed by atoms with Crippen LogP contribution >= 0.6 is 30.4 Å². The lowest BCUT2D eigenvalue weighted by Crippen LogP contribution is -2.37. The SMILES string of the molecule is CCCC(=O)NC(P(=O)(OCC)OCC)P(=O)(OCC)OCC.CCCC(=O)O.CCOP(=O)(OCC)C(NC(=O)CCN)P(=O)(OCC)OCC. The molecule has 2 amide bonds. The van der Waals surface area contributed by atoms with Crippen LogP contribution in [0, 0.1) is 0 Å². The Morgan fingerprint density at radius 2 is 0.712 bits per heavy atom. The molecular weight excluding hydrogens is 770 g/mol. The van der Waals surface area contributed by atoms with Crippen molar-refractivity contribution < 1.29 is 73.9 Å². The van der Waals surface area contributed by atoms with Crippen LogP contribution in [0.2, 0.25) is 0 Å². The summed E-state index contributed by atoms with van der Waals surface area (Å²) < 4.78 is 93.9. The minimum atomic E-state index is -3.97. The number of nitrogens with two attached hydrogens (primary N) is 1. The fraction of sp³-hybridized carbons (Fsp3) is 0.897. The second-order valence-corrected chi connectivity index (χ2v) is 19.1. The van der Waals surface area contributed by atoms with Crippen molar-refractivity contribution in [3.05, 3.63) is 0 Å². The van der Waals surface area contributed by atoms with Gasteiger partial charge in [0, 0.05) is 25.8 Å². The van der Waals surface area contributed by atoms with E-state index in [0.29, 0.717) is 12.8 Å². The number of rotatable bonds is 28. The summed E-state index contributed by atoms with van der Waals surface area (Å²) in [5, 5.41) is 12.8. The summed E-state index contributed by atoms with van der Waals surface area (Å²) >= 11 is 0. The molecule has 0 aliphatic rings. The van der Waals surface area contributed by atoms with Crippen molar-refractivity contribution in [1.82, 2.24) is 10.6 Å². The Bertz CT molecular complexity index is 1000. The topological polar surface area (TPSA) is 264 Å². The lowest BCUT2D eigenvalue weighted by atomic mass is 10.3. The largest absolute Gasteiger partial charge is 0.481 e. The van der Waals surface area contributed by atoms with Crippen molar-refractivity contribution in [3.8, 4) is 0 Å². The fourth-order valence-electron chi connectivity index (χ4n) is 3.82. The molecular formula is C29H65N3O16P4. The first kappa shape index (κ1) is 55.3. The number of aliphatic carboxylic acids is 1. The molecule has 0 fully saturated rings. The maximum atomic E-state index is 13.1. The Hall–Kier alpha value is -1.03. The summed E-state index contributed by atoms with van der Waals surface area (Å²) in [4.78, 5) is 33.5. The molecule has 0 unspecified atom stereocenters. The van der Waals surface area contributed by atoms with Gasteiger partial charge in [0.15, 0.2) is 0 Å². The first-order chi connectivity index (χ1) is 24.4. The van der Waals surface area contributed by atoms with E-state index in [-0.39, 0.29) is 72.2 Å². The van der Waals surface area contributed by atoms with Crippen LogP contribution in [-0.4, -0.2) is 93.3 Å². The quantitative estimate of drug-likeness (QED) is 0.0587. The van der Waals surface area contributed by atoms with Crippen LogP contribution in [0.3, 0.4) is 0 Å². The molecule has 0 heterocycles. The minimum absolute atomic E-state index is 0.0347. The summed E-state index contributed by atoms with van der Waals surface area (Å²) in [7, 11) is -15.8. The van der Waals surface area contributed by atoms with Crippen LogP contribution in [0.15, 0.2) is 0 Å². The number of amides is 2. The average molecular weight is 836 g/mol. The molecule has 312 valence electrons. The monoisotopic (exact) mass is 835 g/mol. The molecule has 5 N–H and O–H groups in total. The van der Waals surface area contributed by atoms with Crippen LogP contribution in [0.4, 0.5) is 0 Å². The maximum Gasteiger partial charge on any atom is 0.365 e. The van der Waals surface area contributed by atoms with Crippen molar-refractivity contribution in [2.45, 2.75) is 112 Å². The van der Waals surface area contributed by atoms with Gasteiger partial charge in [0.2, 0.25) is 22.9 Å². The molecule has 23 heteroatoms. The number of hydrogen-bond donors (Lipinski definition) is 4. The molecule has 0 aliphatic heterocycles. The number of nitrogens with one attached hydrogen (secondary N) is 2. The summed E-state index contributed by atoms with van der Waals surface area (Å²) in [6.07, 6.45) is 1.76. The van der Waals surface area contributed by atoms with Gasteiger partial charge in [-0.2, -0.15) is 0 Å². The third-order valence-electron chi connectivity index (χ3n) is 5.56. The van der Waals surface area contributed by atoms with Crippen molar-refractivity contribution in [2.75, 3.05) is 59.4 Å². The van der Waals surface area contributed by atoms with E-state index in [0.717, 1.165) is 6.42 Å². The number of carbonyl (C=O) groups excluding carboxylic acids is 2. The van der Waals surface area contributed by atoms with E-state index in [9.17, 15) is 32.6 Å². The molecule has 19 nitrogen and oxygen atoms in total. The Kier molecular flexibility index (Phi) is 33.2.